The number of hydrogen-bond donors (Lipinski definition) is 2. The molecule has 1 fully saturated rings. The number of nitrogens with zero attached hydrogens (tertiary/aromatic N) is 1. The number of benzene rings is 2. The number of nitrogens with one attached hydrogen (secondary N) is 2. The van der Waals surface area contributed by atoms with Crippen LogP contribution in [0.15, 0.2) is 53.4 Å². The zero-order chi connectivity index (χ0) is 21.5. The molecule has 5 nitrogen and oxygen atoms in total. The van der Waals surface area contributed by atoms with Crippen LogP contribution in [0.25, 0.3) is 0 Å². The molecule has 1 aliphatic heterocycles. The molecule has 2 N–H and O–H groups in total. The van der Waals surface area contributed by atoms with Gasteiger partial charge in [-0.3, -0.25) is 9.59 Å². The first-order valence-corrected chi connectivity index (χ1v) is 11.5. The Morgan fingerprint density at radius 1 is 1.10 bits per heavy atom. The lowest BCUT2D eigenvalue weighted by molar-refractivity contribution is -0.121. The van der Waals surface area contributed by atoms with Gasteiger partial charge in [-0.2, -0.15) is 0 Å². The maximum Gasteiger partial charge on any atom is 0.233 e. The normalized spacial score (nSPS) is 15.5. The molecule has 2 amide bonds. The van der Waals surface area contributed by atoms with Crippen LogP contribution in [0.2, 0.25) is 5.02 Å². The van der Waals surface area contributed by atoms with E-state index in [0.29, 0.717) is 5.02 Å². The van der Waals surface area contributed by atoms with Gasteiger partial charge in [-0.25, -0.2) is 0 Å². The van der Waals surface area contributed by atoms with Crippen molar-refractivity contribution >= 4 is 46.6 Å². The van der Waals surface area contributed by atoms with Gasteiger partial charge in [-0.1, -0.05) is 17.7 Å². The van der Waals surface area contributed by atoms with Gasteiger partial charge < -0.3 is 15.5 Å². The Hall–Kier alpha value is -2.18. The quantitative estimate of drug-likeness (QED) is 0.564. The summed E-state index contributed by atoms with van der Waals surface area (Å²) in [6, 6.07) is 15.1. The highest BCUT2D eigenvalue weighted by atomic mass is 35.5. The summed E-state index contributed by atoms with van der Waals surface area (Å²) >= 11 is 7.36. The lowest BCUT2D eigenvalue weighted by Crippen LogP contribution is -2.39. The van der Waals surface area contributed by atoms with Crippen LogP contribution in [0.1, 0.15) is 33.1 Å². The molecule has 0 bridgehead atoms. The van der Waals surface area contributed by atoms with E-state index in [4.69, 9.17) is 11.6 Å². The van der Waals surface area contributed by atoms with Crippen LogP contribution >= 0.6 is 23.4 Å². The van der Waals surface area contributed by atoms with E-state index >= 15 is 0 Å². The zero-order valence-corrected chi connectivity index (χ0v) is 18.9. The Kier molecular flexibility index (Phi) is 8.05. The first kappa shape index (κ1) is 22.5. The molecule has 1 saturated heterocycles. The molecule has 0 saturated carbocycles. The largest absolute Gasteiger partial charge is 0.371 e. The molecule has 0 aliphatic carbocycles. The molecule has 30 heavy (non-hydrogen) atoms. The average molecular weight is 446 g/mol. The number of halogens is 1. The van der Waals surface area contributed by atoms with Crippen molar-refractivity contribution in [1.29, 1.82) is 0 Å². The van der Waals surface area contributed by atoms with Gasteiger partial charge in [0.25, 0.3) is 0 Å². The van der Waals surface area contributed by atoms with E-state index in [1.165, 1.54) is 24.6 Å². The highest BCUT2D eigenvalue weighted by Crippen LogP contribution is 2.25. The smallest absolute Gasteiger partial charge is 0.233 e. The fraction of sp³-hybridized carbons (Fsp3) is 0.391. The van der Waals surface area contributed by atoms with Crippen molar-refractivity contribution in [2.24, 2.45) is 0 Å². The van der Waals surface area contributed by atoms with E-state index in [0.717, 1.165) is 29.4 Å². The molecule has 2 unspecified atom stereocenters. The van der Waals surface area contributed by atoms with Gasteiger partial charge in [0.2, 0.25) is 11.8 Å². The van der Waals surface area contributed by atoms with Gasteiger partial charge in [0.05, 0.1) is 5.25 Å². The third-order valence-corrected chi connectivity index (χ3v) is 6.34. The fourth-order valence-corrected chi connectivity index (χ4v) is 4.43. The zero-order valence-electron chi connectivity index (χ0n) is 17.4. The van der Waals surface area contributed by atoms with E-state index in [-0.39, 0.29) is 29.5 Å². The monoisotopic (exact) mass is 445 g/mol. The van der Waals surface area contributed by atoms with Crippen LogP contribution in [-0.4, -0.2) is 36.2 Å². The van der Waals surface area contributed by atoms with Crippen LogP contribution in [0.4, 0.5) is 11.4 Å². The number of anilines is 2. The lowest BCUT2D eigenvalue weighted by atomic mass is 10.2. The number of carbonyl (C=O) groups excluding carboxylic acids is 2. The molecule has 0 aromatic heterocycles. The molecule has 1 heterocycles. The minimum atomic E-state index is -0.270. The molecule has 2 atom stereocenters. The molecule has 2 aromatic rings. The number of amides is 2. The van der Waals surface area contributed by atoms with E-state index < -0.39 is 0 Å². The third-order valence-electron chi connectivity index (χ3n) is 4.98. The fourth-order valence-electron chi connectivity index (χ4n) is 3.43. The van der Waals surface area contributed by atoms with E-state index in [1.54, 1.807) is 12.1 Å². The van der Waals surface area contributed by atoms with Gasteiger partial charge in [0, 0.05) is 46.8 Å². The maximum atomic E-state index is 12.5. The molecule has 0 radical (unpaired) electrons. The molecule has 160 valence electrons. The molecule has 1 aliphatic rings. The van der Waals surface area contributed by atoms with Crippen molar-refractivity contribution in [2.75, 3.05) is 23.3 Å². The van der Waals surface area contributed by atoms with E-state index in [9.17, 15) is 9.59 Å². The summed E-state index contributed by atoms with van der Waals surface area (Å²) in [5.41, 5.74) is 1.93. The van der Waals surface area contributed by atoms with Gasteiger partial charge in [0.1, 0.15) is 0 Å². The number of carbonyl (C=O) groups is 2. The first-order valence-electron chi connectivity index (χ1n) is 10.3. The summed E-state index contributed by atoms with van der Waals surface area (Å²) in [6.45, 7) is 5.82. The second-order valence-electron chi connectivity index (χ2n) is 7.62. The number of thioether (sulfide) groups is 1. The van der Waals surface area contributed by atoms with Crippen molar-refractivity contribution < 1.29 is 9.59 Å². The molecule has 7 heteroatoms. The summed E-state index contributed by atoms with van der Waals surface area (Å²) < 4.78 is 0. The second kappa shape index (κ2) is 10.7. The van der Waals surface area contributed by atoms with Gasteiger partial charge in [-0.05, 0) is 69.2 Å². The number of rotatable bonds is 8. The predicted molar refractivity (Wildman–Crippen MR) is 126 cm³/mol. The minimum Gasteiger partial charge on any atom is -0.371 e. The van der Waals surface area contributed by atoms with Crippen molar-refractivity contribution in [1.82, 2.24) is 5.32 Å². The summed E-state index contributed by atoms with van der Waals surface area (Å²) in [5.74, 6) is -0.203. The molecular formula is C23H28ClN3O2S. The third kappa shape index (κ3) is 6.67. The van der Waals surface area contributed by atoms with Crippen molar-refractivity contribution in [3.8, 4) is 0 Å². The predicted octanol–water partition coefficient (Wildman–Crippen LogP) is 4.95. The van der Waals surface area contributed by atoms with Crippen LogP contribution in [-0.2, 0) is 9.59 Å². The minimum absolute atomic E-state index is 0.0914. The summed E-state index contributed by atoms with van der Waals surface area (Å²) in [6.07, 6.45) is 2.64. The lowest BCUT2D eigenvalue weighted by Gasteiger charge is -2.19. The SMILES string of the molecule is CC(CC(=O)Nc1cccc(N2CCCC2)c1)NC(=O)C(C)Sc1ccc(Cl)cc1. The Bertz CT molecular complexity index is 869. The van der Waals surface area contributed by atoms with E-state index in [1.807, 2.05) is 44.2 Å². The number of hydrogen-bond acceptors (Lipinski definition) is 4. The van der Waals surface area contributed by atoms with Crippen molar-refractivity contribution in [3.05, 3.63) is 53.6 Å². The summed E-state index contributed by atoms with van der Waals surface area (Å²) in [7, 11) is 0. The van der Waals surface area contributed by atoms with E-state index in [2.05, 4.69) is 21.6 Å². The Labute approximate surface area is 187 Å². The van der Waals surface area contributed by atoms with Crippen LogP contribution < -0.4 is 15.5 Å². The van der Waals surface area contributed by atoms with Gasteiger partial charge >= 0.3 is 0 Å². The Balaban J connectivity index is 1.46. The molecule has 2 aromatic carbocycles. The molecular weight excluding hydrogens is 418 g/mol. The van der Waals surface area contributed by atoms with Crippen LogP contribution in [0.3, 0.4) is 0 Å². The maximum absolute atomic E-state index is 12.5. The van der Waals surface area contributed by atoms with Crippen molar-refractivity contribution in [3.63, 3.8) is 0 Å². The molecule has 0 spiro atoms. The first-order chi connectivity index (χ1) is 14.4. The van der Waals surface area contributed by atoms with Crippen LogP contribution in [0, 0.1) is 0 Å². The standard InChI is InChI=1S/C23H28ClN3O2S/c1-16(25-23(29)17(2)30-21-10-8-18(24)9-11-21)14-22(28)26-19-6-5-7-20(15-19)27-12-3-4-13-27/h5-11,15-17H,3-4,12-14H2,1-2H3,(H,25,29)(H,26,28). The average Bonchev–Trinajstić information content (AvgIpc) is 3.24. The summed E-state index contributed by atoms with van der Waals surface area (Å²) in [4.78, 5) is 28.2. The van der Waals surface area contributed by atoms with Crippen molar-refractivity contribution in [2.45, 2.75) is 49.3 Å². The van der Waals surface area contributed by atoms with Gasteiger partial charge in [0.15, 0.2) is 0 Å². The topological polar surface area (TPSA) is 61.4 Å². The summed E-state index contributed by atoms with van der Waals surface area (Å²) in [5, 5.41) is 6.28. The Morgan fingerprint density at radius 2 is 1.80 bits per heavy atom. The molecule has 3 rings (SSSR count). The van der Waals surface area contributed by atoms with Crippen LogP contribution in [0.5, 0.6) is 0 Å². The highest BCUT2D eigenvalue weighted by molar-refractivity contribution is 8.00. The van der Waals surface area contributed by atoms with Gasteiger partial charge in [-0.15, -0.1) is 11.8 Å². The highest BCUT2D eigenvalue weighted by Gasteiger charge is 2.19. The second-order valence-corrected chi connectivity index (χ2v) is 9.47. The Morgan fingerprint density at radius 3 is 2.50 bits per heavy atom.